The molecule has 108 valence electrons. The predicted molar refractivity (Wildman–Crippen MR) is 72.4 cm³/mol. The highest BCUT2D eigenvalue weighted by molar-refractivity contribution is 7.89. The monoisotopic (exact) mass is 317 g/mol. The summed E-state index contributed by atoms with van der Waals surface area (Å²) in [6.45, 7) is 0. The summed E-state index contributed by atoms with van der Waals surface area (Å²) < 4.78 is 26.6. The fourth-order valence-corrected chi connectivity index (χ4v) is 3.42. The highest BCUT2D eigenvalue weighted by Gasteiger charge is 2.31. The van der Waals surface area contributed by atoms with Crippen LogP contribution in [-0.2, 0) is 19.6 Å². The van der Waals surface area contributed by atoms with Gasteiger partial charge in [0, 0.05) is 11.4 Å². The van der Waals surface area contributed by atoms with Crippen molar-refractivity contribution in [1.82, 2.24) is 10.0 Å². The third-order valence-corrected chi connectivity index (χ3v) is 4.56. The predicted octanol–water partition coefficient (Wildman–Crippen LogP) is 0.00570. The number of amides is 2. The van der Waals surface area contributed by atoms with Gasteiger partial charge in [0.2, 0.25) is 21.8 Å². The fraction of sp³-hybridized carbons (Fsp3) is 0.273. The summed E-state index contributed by atoms with van der Waals surface area (Å²) in [6.07, 6.45) is 0.175. The van der Waals surface area contributed by atoms with E-state index >= 15 is 0 Å². The second-order valence-electron chi connectivity index (χ2n) is 4.31. The molecule has 1 aliphatic rings. The lowest BCUT2D eigenvalue weighted by atomic mass is 10.1. The number of nitrogen functional groups attached to an aromatic ring is 1. The molecule has 0 aromatic heterocycles. The summed E-state index contributed by atoms with van der Waals surface area (Å²) in [5, 5.41) is 2.28. The minimum atomic E-state index is -4.00. The Kier molecular flexibility index (Phi) is 3.98. The van der Waals surface area contributed by atoms with Crippen LogP contribution >= 0.6 is 11.6 Å². The molecular weight excluding hydrogens is 306 g/mol. The number of halogens is 1. The minimum Gasteiger partial charge on any atom is -0.398 e. The number of hydrogen-bond acceptors (Lipinski definition) is 5. The number of imide groups is 1. The van der Waals surface area contributed by atoms with Crippen LogP contribution in [0.3, 0.4) is 0 Å². The van der Waals surface area contributed by atoms with E-state index in [-0.39, 0.29) is 28.4 Å². The Morgan fingerprint density at radius 2 is 2.05 bits per heavy atom. The summed E-state index contributed by atoms with van der Waals surface area (Å²) >= 11 is 5.74. The van der Waals surface area contributed by atoms with Gasteiger partial charge in [-0.05, 0) is 24.6 Å². The lowest BCUT2D eigenvalue weighted by molar-refractivity contribution is -0.134. The molecule has 0 aliphatic carbocycles. The van der Waals surface area contributed by atoms with Crippen LogP contribution in [0.4, 0.5) is 5.69 Å². The number of carbonyl (C=O) groups is 2. The van der Waals surface area contributed by atoms with E-state index in [2.05, 4.69) is 10.0 Å². The zero-order chi connectivity index (χ0) is 14.9. The van der Waals surface area contributed by atoms with Gasteiger partial charge in [0.05, 0.1) is 5.69 Å². The number of anilines is 1. The first-order valence-electron chi connectivity index (χ1n) is 5.70. The third kappa shape index (κ3) is 3.09. The van der Waals surface area contributed by atoms with Crippen LogP contribution in [0.1, 0.15) is 12.8 Å². The van der Waals surface area contributed by atoms with Gasteiger partial charge < -0.3 is 5.73 Å². The maximum absolute atomic E-state index is 12.2. The zero-order valence-electron chi connectivity index (χ0n) is 10.2. The molecule has 1 atom stereocenters. The standard InChI is InChI=1S/C11H12ClN3O4S/c12-6-1-2-7(13)9(5-6)20(18,19)15-8-3-4-10(16)14-11(8)17/h1-2,5,8,15H,3-4,13H2,(H,14,16,17). The van der Waals surface area contributed by atoms with Crippen molar-refractivity contribution in [2.24, 2.45) is 0 Å². The van der Waals surface area contributed by atoms with E-state index in [1.165, 1.54) is 18.2 Å². The number of piperidine rings is 1. The van der Waals surface area contributed by atoms with Crippen molar-refractivity contribution in [3.63, 3.8) is 0 Å². The molecule has 1 saturated heterocycles. The lowest BCUT2D eigenvalue weighted by Crippen LogP contribution is -2.52. The Balaban J connectivity index is 2.25. The highest BCUT2D eigenvalue weighted by Crippen LogP contribution is 2.23. The molecule has 1 heterocycles. The van der Waals surface area contributed by atoms with Gasteiger partial charge in [-0.15, -0.1) is 0 Å². The zero-order valence-corrected chi connectivity index (χ0v) is 11.8. The summed E-state index contributed by atoms with van der Waals surface area (Å²) in [4.78, 5) is 22.4. The SMILES string of the molecule is Nc1ccc(Cl)cc1S(=O)(=O)NC1CCC(=O)NC1=O. The maximum atomic E-state index is 12.2. The summed E-state index contributed by atoms with van der Waals surface area (Å²) in [7, 11) is -4.00. The fourth-order valence-electron chi connectivity index (χ4n) is 1.80. The average Bonchev–Trinajstić information content (AvgIpc) is 2.35. The third-order valence-electron chi connectivity index (χ3n) is 2.80. The number of hydrogen-bond donors (Lipinski definition) is 3. The van der Waals surface area contributed by atoms with Crippen LogP contribution in [0.25, 0.3) is 0 Å². The first-order valence-corrected chi connectivity index (χ1v) is 7.57. The van der Waals surface area contributed by atoms with Crippen molar-refractivity contribution >= 4 is 39.1 Å². The van der Waals surface area contributed by atoms with Crippen molar-refractivity contribution in [2.45, 2.75) is 23.8 Å². The molecule has 1 fully saturated rings. The number of benzene rings is 1. The number of nitrogens with two attached hydrogens (primary N) is 1. The maximum Gasteiger partial charge on any atom is 0.244 e. The topological polar surface area (TPSA) is 118 Å². The molecule has 20 heavy (non-hydrogen) atoms. The summed E-state index contributed by atoms with van der Waals surface area (Å²) in [6, 6.07) is 3.02. The van der Waals surface area contributed by atoms with Gasteiger partial charge in [-0.2, -0.15) is 4.72 Å². The Morgan fingerprint density at radius 1 is 1.35 bits per heavy atom. The second-order valence-corrected chi connectivity index (χ2v) is 6.43. The second kappa shape index (κ2) is 5.39. The molecule has 0 bridgehead atoms. The van der Waals surface area contributed by atoms with Crippen LogP contribution in [0.5, 0.6) is 0 Å². The van der Waals surface area contributed by atoms with Gasteiger partial charge in [0.1, 0.15) is 10.9 Å². The largest absolute Gasteiger partial charge is 0.398 e. The molecule has 0 spiro atoms. The normalized spacial score (nSPS) is 19.8. The minimum absolute atomic E-state index is 0.0224. The molecule has 1 unspecified atom stereocenters. The molecule has 1 aliphatic heterocycles. The molecule has 2 amide bonds. The van der Waals surface area contributed by atoms with E-state index in [1.807, 2.05) is 0 Å². The number of carbonyl (C=O) groups excluding carboxylic acids is 2. The first-order chi connectivity index (χ1) is 9.29. The summed E-state index contributed by atoms with van der Waals surface area (Å²) in [5.41, 5.74) is 5.63. The molecule has 0 radical (unpaired) electrons. The van der Waals surface area contributed by atoms with Gasteiger partial charge in [0.15, 0.2) is 0 Å². The quantitative estimate of drug-likeness (QED) is 0.536. The van der Waals surface area contributed by atoms with Gasteiger partial charge in [0.25, 0.3) is 0 Å². The van der Waals surface area contributed by atoms with E-state index in [4.69, 9.17) is 17.3 Å². The van der Waals surface area contributed by atoms with Crippen LogP contribution < -0.4 is 15.8 Å². The van der Waals surface area contributed by atoms with E-state index in [1.54, 1.807) is 0 Å². The van der Waals surface area contributed by atoms with Crippen molar-refractivity contribution in [3.05, 3.63) is 23.2 Å². The van der Waals surface area contributed by atoms with E-state index in [0.29, 0.717) is 0 Å². The van der Waals surface area contributed by atoms with Gasteiger partial charge >= 0.3 is 0 Å². The molecule has 7 nitrogen and oxygen atoms in total. The van der Waals surface area contributed by atoms with Crippen LogP contribution in [0, 0.1) is 0 Å². The van der Waals surface area contributed by atoms with Gasteiger partial charge in [-0.25, -0.2) is 8.42 Å². The summed E-state index contributed by atoms with van der Waals surface area (Å²) in [5.74, 6) is -1.10. The van der Waals surface area contributed by atoms with Crippen molar-refractivity contribution in [3.8, 4) is 0 Å². The molecular formula is C11H12ClN3O4S. The van der Waals surface area contributed by atoms with Gasteiger partial charge in [-0.1, -0.05) is 11.6 Å². The van der Waals surface area contributed by atoms with Crippen LogP contribution in [0.15, 0.2) is 23.1 Å². The first kappa shape index (κ1) is 14.8. The van der Waals surface area contributed by atoms with E-state index in [0.717, 1.165) is 0 Å². The molecule has 1 aromatic rings. The van der Waals surface area contributed by atoms with E-state index < -0.39 is 27.9 Å². The van der Waals surface area contributed by atoms with Crippen LogP contribution in [0.2, 0.25) is 5.02 Å². The highest BCUT2D eigenvalue weighted by atomic mass is 35.5. The molecule has 2 rings (SSSR count). The molecule has 1 aromatic carbocycles. The smallest absolute Gasteiger partial charge is 0.244 e. The Bertz CT molecular complexity index is 674. The Morgan fingerprint density at radius 3 is 2.70 bits per heavy atom. The Labute approximate surface area is 120 Å². The van der Waals surface area contributed by atoms with Crippen molar-refractivity contribution < 1.29 is 18.0 Å². The van der Waals surface area contributed by atoms with Crippen molar-refractivity contribution in [1.29, 1.82) is 0 Å². The van der Waals surface area contributed by atoms with Gasteiger partial charge in [-0.3, -0.25) is 14.9 Å². The lowest BCUT2D eigenvalue weighted by Gasteiger charge is -2.22. The number of sulfonamides is 1. The number of nitrogens with one attached hydrogen (secondary N) is 2. The van der Waals surface area contributed by atoms with E-state index in [9.17, 15) is 18.0 Å². The number of rotatable bonds is 3. The Hall–Kier alpha value is -1.64. The van der Waals surface area contributed by atoms with Crippen LogP contribution in [-0.4, -0.2) is 26.3 Å². The molecule has 9 heteroatoms. The molecule has 4 N–H and O–H groups in total. The molecule has 0 saturated carbocycles. The van der Waals surface area contributed by atoms with Crippen molar-refractivity contribution in [2.75, 3.05) is 5.73 Å². The average molecular weight is 318 g/mol.